The Bertz CT molecular complexity index is 680. The summed E-state index contributed by atoms with van der Waals surface area (Å²) in [5, 5.41) is 12.1. The van der Waals surface area contributed by atoms with E-state index >= 15 is 0 Å². The topological polar surface area (TPSA) is 71.7 Å². The van der Waals surface area contributed by atoms with Crippen LogP contribution in [0.3, 0.4) is 0 Å². The van der Waals surface area contributed by atoms with Gasteiger partial charge in [0.2, 0.25) is 0 Å². The van der Waals surface area contributed by atoms with Gasteiger partial charge in [-0.3, -0.25) is 0 Å². The molecule has 21 heavy (non-hydrogen) atoms. The molecule has 0 spiro atoms. The molecule has 1 aliphatic rings. The van der Waals surface area contributed by atoms with Crippen molar-refractivity contribution in [3.63, 3.8) is 0 Å². The van der Waals surface area contributed by atoms with Crippen LogP contribution in [0.5, 0.6) is 5.75 Å². The lowest BCUT2D eigenvalue weighted by Gasteiger charge is -2.09. The molecule has 3 rings (SSSR count). The molecular formula is C15H14BrNO4. The first-order valence-electron chi connectivity index (χ1n) is 6.59. The van der Waals surface area contributed by atoms with E-state index in [9.17, 15) is 4.79 Å². The van der Waals surface area contributed by atoms with Crippen molar-refractivity contribution in [3.8, 4) is 5.75 Å². The zero-order valence-electron chi connectivity index (χ0n) is 11.2. The van der Waals surface area contributed by atoms with Gasteiger partial charge in [-0.05, 0) is 23.8 Å². The molecule has 2 heterocycles. The molecule has 0 saturated carbocycles. The summed E-state index contributed by atoms with van der Waals surface area (Å²) in [5.41, 5.74) is 2.47. The van der Waals surface area contributed by atoms with Crippen molar-refractivity contribution in [1.29, 1.82) is 0 Å². The number of carbonyl (C=O) groups is 1. The smallest absolute Gasteiger partial charge is 0.338 e. The zero-order valence-corrected chi connectivity index (χ0v) is 12.8. The lowest BCUT2D eigenvalue weighted by atomic mass is 10.1. The van der Waals surface area contributed by atoms with E-state index in [1.54, 1.807) is 0 Å². The standard InChI is InChI=1S/C15H14BrNO4/c16-12-3-9-1-2-20-14(9)10(4-12)6-17-7-13-5-11(8-21-13)15(18)19/h3-5,8,17H,1-2,6-7H2,(H,18,19). The highest BCUT2D eigenvalue weighted by Gasteiger charge is 2.17. The fourth-order valence-corrected chi connectivity index (χ4v) is 2.94. The molecule has 0 unspecified atom stereocenters. The summed E-state index contributed by atoms with van der Waals surface area (Å²) in [4.78, 5) is 10.8. The van der Waals surface area contributed by atoms with Crippen LogP contribution in [-0.4, -0.2) is 17.7 Å². The first-order valence-corrected chi connectivity index (χ1v) is 7.38. The Kier molecular flexibility index (Phi) is 3.98. The zero-order chi connectivity index (χ0) is 14.8. The van der Waals surface area contributed by atoms with Crippen molar-refractivity contribution in [1.82, 2.24) is 5.32 Å². The summed E-state index contributed by atoms with van der Waals surface area (Å²) in [7, 11) is 0. The minimum Gasteiger partial charge on any atom is -0.493 e. The predicted octanol–water partition coefficient (Wildman–Crippen LogP) is 2.97. The van der Waals surface area contributed by atoms with Gasteiger partial charge in [0.25, 0.3) is 0 Å². The van der Waals surface area contributed by atoms with E-state index < -0.39 is 5.97 Å². The number of rotatable bonds is 5. The highest BCUT2D eigenvalue weighted by atomic mass is 79.9. The van der Waals surface area contributed by atoms with Crippen LogP contribution in [0.4, 0.5) is 0 Å². The van der Waals surface area contributed by atoms with Crippen LogP contribution < -0.4 is 10.1 Å². The molecular weight excluding hydrogens is 338 g/mol. The van der Waals surface area contributed by atoms with Crippen LogP contribution in [0, 0.1) is 0 Å². The third kappa shape index (κ3) is 3.11. The summed E-state index contributed by atoms with van der Waals surface area (Å²) < 4.78 is 11.9. The Balaban J connectivity index is 1.64. The monoisotopic (exact) mass is 351 g/mol. The average Bonchev–Trinajstić information content (AvgIpc) is 3.06. The van der Waals surface area contributed by atoms with Crippen LogP contribution in [0.1, 0.15) is 27.2 Å². The van der Waals surface area contributed by atoms with Gasteiger partial charge in [0.1, 0.15) is 17.8 Å². The molecule has 5 nitrogen and oxygen atoms in total. The molecule has 0 amide bonds. The van der Waals surface area contributed by atoms with Crippen molar-refractivity contribution in [2.24, 2.45) is 0 Å². The molecule has 110 valence electrons. The molecule has 1 aliphatic heterocycles. The summed E-state index contributed by atoms with van der Waals surface area (Å²) in [5.74, 6) is 0.569. The fourth-order valence-electron chi connectivity index (χ4n) is 2.38. The quantitative estimate of drug-likeness (QED) is 0.866. The minimum atomic E-state index is -0.983. The van der Waals surface area contributed by atoms with E-state index in [1.807, 2.05) is 6.07 Å². The number of nitrogens with one attached hydrogen (secondary N) is 1. The minimum absolute atomic E-state index is 0.165. The highest BCUT2D eigenvalue weighted by Crippen LogP contribution is 2.32. The normalized spacial score (nSPS) is 13.0. The lowest BCUT2D eigenvalue weighted by molar-refractivity contribution is 0.0696. The number of ether oxygens (including phenoxy) is 1. The van der Waals surface area contributed by atoms with Gasteiger partial charge < -0.3 is 19.6 Å². The van der Waals surface area contributed by atoms with E-state index in [1.165, 1.54) is 17.9 Å². The van der Waals surface area contributed by atoms with E-state index in [0.717, 1.165) is 28.8 Å². The average molecular weight is 352 g/mol. The van der Waals surface area contributed by atoms with Gasteiger partial charge in [-0.15, -0.1) is 0 Å². The van der Waals surface area contributed by atoms with Crippen molar-refractivity contribution in [3.05, 3.63) is 51.4 Å². The Hall–Kier alpha value is -1.79. The highest BCUT2D eigenvalue weighted by molar-refractivity contribution is 9.10. The van der Waals surface area contributed by atoms with E-state index in [2.05, 4.69) is 27.3 Å². The number of aromatic carboxylic acids is 1. The van der Waals surface area contributed by atoms with Crippen LogP contribution in [-0.2, 0) is 19.5 Å². The Morgan fingerprint density at radius 2 is 2.19 bits per heavy atom. The number of benzene rings is 1. The summed E-state index contributed by atoms with van der Waals surface area (Å²) >= 11 is 3.50. The maximum atomic E-state index is 10.8. The van der Waals surface area contributed by atoms with E-state index in [0.29, 0.717) is 18.8 Å². The second kappa shape index (κ2) is 5.91. The summed E-state index contributed by atoms with van der Waals surface area (Å²) in [6.07, 6.45) is 2.18. The number of hydrogen-bond donors (Lipinski definition) is 2. The van der Waals surface area contributed by atoms with Crippen LogP contribution in [0.2, 0.25) is 0 Å². The molecule has 2 N–H and O–H groups in total. The molecule has 0 radical (unpaired) electrons. The van der Waals surface area contributed by atoms with E-state index in [-0.39, 0.29) is 5.56 Å². The van der Waals surface area contributed by atoms with E-state index in [4.69, 9.17) is 14.3 Å². The third-order valence-corrected chi connectivity index (χ3v) is 3.80. The van der Waals surface area contributed by atoms with Crippen molar-refractivity contribution in [2.75, 3.05) is 6.61 Å². The molecule has 2 aromatic rings. The molecule has 6 heteroatoms. The van der Waals surface area contributed by atoms with Gasteiger partial charge in [0.15, 0.2) is 0 Å². The number of furan rings is 1. The Labute approximate surface area is 130 Å². The number of halogens is 1. The summed E-state index contributed by atoms with van der Waals surface area (Å²) in [6.45, 7) is 1.82. The molecule has 1 aromatic carbocycles. The van der Waals surface area contributed by atoms with Crippen LogP contribution in [0.15, 0.2) is 33.4 Å². The second-order valence-corrected chi connectivity index (χ2v) is 5.78. The van der Waals surface area contributed by atoms with Gasteiger partial charge in [0.05, 0.1) is 18.7 Å². The van der Waals surface area contributed by atoms with Crippen molar-refractivity contribution < 1.29 is 19.1 Å². The molecule has 0 bridgehead atoms. The number of carboxylic acid groups (broad SMARTS) is 1. The second-order valence-electron chi connectivity index (χ2n) is 4.86. The molecule has 0 atom stereocenters. The largest absolute Gasteiger partial charge is 0.493 e. The maximum Gasteiger partial charge on any atom is 0.338 e. The van der Waals surface area contributed by atoms with Crippen LogP contribution in [0.25, 0.3) is 0 Å². The first kappa shape index (κ1) is 14.2. The maximum absolute atomic E-state index is 10.8. The fraction of sp³-hybridized carbons (Fsp3) is 0.267. The first-order chi connectivity index (χ1) is 10.1. The Morgan fingerprint density at radius 1 is 1.33 bits per heavy atom. The SMILES string of the molecule is O=C(O)c1coc(CNCc2cc(Br)cc3c2OCC3)c1. The van der Waals surface area contributed by atoms with Gasteiger partial charge >= 0.3 is 5.97 Å². The number of fused-ring (bicyclic) bond motifs is 1. The van der Waals surface area contributed by atoms with Gasteiger partial charge in [0, 0.05) is 23.0 Å². The molecule has 0 saturated heterocycles. The lowest BCUT2D eigenvalue weighted by Crippen LogP contribution is -2.13. The van der Waals surface area contributed by atoms with Crippen molar-refractivity contribution in [2.45, 2.75) is 19.5 Å². The van der Waals surface area contributed by atoms with Crippen molar-refractivity contribution >= 4 is 21.9 Å². The molecule has 1 aromatic heterocycles. The third-order valence-electron chi connectivity index (χ3n) is 3.34. The number of hydrogen-bond acceptors (Lipinski definition) is 4. The number of carboxylic acids is 1. The van der Waals surface area contributed by atoms with Gasteiger partial charge in [-0.2, -0.15) is 0 Å². The van der Waals surface area contributed by atoms with Gasteiger partial charge in [-0.1, -0.05) is 15.9 Å². The summed E-state index contributed by atoms with van der Waals surface area (Å²) in [6, 6.07) is 5.64. The van der Waals surface area contributed by atoms with Gasteiger partial charge in [-0.25, -0.2) is 4.79 Å². The Morgan fingerprint density at radius 3 is 2.95 bits per heavy atom. The molecule has 0 fully saturated rings. The van der Waals surface area contributed by atoms with Crippen LogP contribution >= 0.6 is 15.9 Å². The predicted molar refractivity (Wildman–Crippen MR) is 79.6 cm³/mol. The molecule has 0 aliphatic carbocycles.